The van der Waals surface area contributed by atoms with Gasteiger partial charge in [0.25, 0.3) is 0 Å². The highest BCUT2D eigenvalue weighted by Crippen LogP contribution is 2.13. The molecule has 0 aliphatic carbocycles. The lowest BCUT2D eigenvalue weighted by Crippen LogP contribution is -2.17. The molecule has 0 heterocycles. The molecule has 0 aromatic heterocycles. The molecule has 0 aliphatic rings. The molecule has 0 saturated carbocycles. The van der Waals surface area contributed by atoms with E-state index in [1.807, 2.05) is 20.8 Å². The van der Waals surface area contributed by atoms with E-state index in [1.54, 1.807) is 0 Å². The van der Waals surface area contributed by atoms with E-state index in [4.69, 9.17) is 0 Å². The van der Waals surface area contributed by atoms with Crippen LogP contribution < -0.4 is 0 Å². The van der Waals surface area contributed by atoms with E-state index in [1.165, 1.54) is 0 Å². The molecule has 0 fully saturated rings. The minimum absolute atomic E-state index is 0.0165. The average molecular weight is 201 g/mol. The summed E-state index contributed by atoms with van der Waals surface area (Å²) in [5, 5.41) is 10.0. The summed E-state index contributed by atoms with van der Waals surface area (Å²) in [4.78, 5) is 21.2. The van der Waals surface area contributed by atoms with Crippen LogP contribution in [-0.2, 0) is 4.79 Å². The van der Waals surface area contributed by atoms with Gasteiger partial charge in [0.05, 0.1) is 0 Å². The molecule has 0 radical (unpaired) electrons. The topological polar surface area (TPSA) is 60.2 Å². The second-order valence-corrected chi connectivity index (χ2v) is 4.01. The van der Waals surface area contributed by atoms with Crippen molar-refractivity contribution in [1.82, 2.24) is 0 Å². The monoisotopic (exact) mass is 201 g/mol. The molecular weight excluding hydrogens is 182 g/mol. The third-order valence-corrected chi connectivity index (χ3v) is 2.28. The largest absolute Gasteiger partial charge is 0.299 e. The molecule has 82 valence electrons. The Kier molecular flexibility index (Phi) is 6.08. The Morgan fingerprint density at radius 3 is 2.29 bits per heavy atom. The molecule has 0 aliphatic heterocycles. The third-order valence-electron chi connectivity index (χ3n) is 2.28. The maximum absolute atomic E-state index is 11.4. The number of carbonyl (C=O) groups is 1. The summed E-state index contributed by atoms with van der Waals surface area (Å²) >= 11 is 0. The van der Waals surface area contributed by atoms with Crippen molar-refractivity contribution in [2.75, 3.05) is 6.54 Å². The van der Waals surface area contributed by atoms with Crippen LogP contribution in [0.4, 0.5) is 0 Å². The molecule has 14 heavy (non-hydrogen) atoms. The van der Waals surface area contributed by atoms with Crippen LogP contribution in [0.3, 0.4) is 0 Å². The molecule has 0 rings (SSSR count). The van der Waals surface area contributed by atoms with Crippen molar-refractivity contribution >= 4 is 5.78 Å². The zero-order valence-corrected chi connectivity index (χ0v) is 9.16. The summed E-state index contributed by atoms with van der Waals surface area (Å²) < 4.78 is 0. The predicted molar refractivity (Wildman–Crippen MR) is 54.7 cm³/mol. The fraction of sp³-hybridized carbons (Fsp3) is 0.900. The van der Waals surface area contributed by atoms with Crippen molar-refractivity contribution in [3.63, 3.8) is 0 Å². The number of hydrogen-bond acceptors (Lipinski definition) is 3. The summed E-state index contributed by atoms with van der Waals surface area (Å²) in [7, 11) is 0. The van der Waals surface area contributed by atoms with Gasteiger partial charge in [0.2, 0.25) is 6.54 Å². The van der Waals surface area contributed by atoms with Crippen molar-refractivity contribution < 1.29 is 9.72 Å². The molecule has 4 nitrogen and oxygen atoms in total. The zero-order valence-electron chi connectivity index (χ0n) is 9.16. The van der Waals surface area contributed by atoms with Crippen molar-refractivity contribution in [1.29, 1.82) is 0 Å². The summed E-state index contributed by atoms with van der Waals surface area (Å²) in [5.41, 5.74) is 0. The van der Waals surface area contributed by atoms with Crippen LogP contribution in [-0.4, -0.2) is 17.3 Å². The molecule has 0 aromatic carbocycles. The third kappa shape index (κ3) is 5.67. The number of rotatable bonds is 7. The lowest BCUT2D eigenvalue weighted by Gasteiger charge is -2.11. The van der Waals surface area contributed by atoms with E-state index in [0.717, 1.165) is 12.8 Å². The summed E-state index contributed by atoms with van der Waals surface area (Å²) in [6.07, 6.45) is 2.11. The zero-order chi connectivity index (χ0) is 11.1. The Balaban J connectivity index is 3.59. The Bertz CT molecular complexity index is 202. The molecule has 0 aromatic rings. The van der Waals surface area contributed by atoms with Crippen LogP contribution in [0.25, 0.3) is 0 Å². The number of ketones is 1. The normalized spacial score (nSPS) is 12.9. The van der Waals surface area contributed by atoms with Gasteiger partial charge in [-0.2, -0.15) is 0 Å². The molecule has 4 heteroatoms. The predicted octanol–water partition coefficient (Wildman–Crippen LogP) is 2.29. The van der Waals surface area contributed by atoms with E-state index in [9.17, 15) is 14.9 Å². The molecule has 0 N–H and O–H groups in total. The standard InChI is InChI=1S/C10H19NO3/c1-8(2)10(12)9(3)6-4-5-7-11(13)14/h8-9H,4-7H2,1-3H3. The van der Waals surface area contributed by atoms with Crippen molar-refractivity contribution in [3.05, 3.63) is 10.1 Å². The van der Waals surface area contributed by atoms with Crippen molar-refractivity contribution in [2.45, 2.75) is 40.0 Å². The summed E-state index contributed by atoms with van der Waals surface area (Å²) in [5.74, 6) is 0.369. The van der Waals surface area contributed by atoms with Crippen LogP contribution >= 0.6 is 0 Å². The number of nitrogens with zero attached hydrogens (tertiary/aromatic N) is 1. The fourth-order valence-electron chi connectivity index (χ4n) is 1.40. The van der Waals surface area contributed by atoms with Gasteiger partial charge in [-0.25, -0.2) is 0 Å². The number of carbonyl (C=O) groups excluding carboxylic acids is 1. The first kappa shape index (κ1) is 13.1. The SMILES string of the molecule is CC(C)C(=O)C(C)CCCC[N+](=O)[O-]. The molecule has 0 bridgehead atoms. The van der Waals surface area contributed by atoms with Gasteiger partial charge in [-0.05, 0) is 12.8 Å². The molecular formula is C10H19NO3. The van der Waals surface area contributed by atoms with Crippen LogP contribution in [0.5, 0.6) is 0 Å². The minimum atomic E-state index is -0.311. The smallest absolute Gasteiger partial charge is 0.203 e. The number of unbranched alkanes of at least 4 members (excludes halogenated alkanes) is 1. The highest BCUT2D eigenvalue weighted by molar-refractivity contribution is 5.82. The Morgan fingerprint density at radius 2 is 1.86 bits per heavy atom. The second kappa shape index (κ2) is 6.51. The lowest BCUT2D eigenvalue weighted by molar-refractivity contribution is -0.480. The highest BCUT2D eigenvalue weighted by atomic mass is 16.6. The number of Topliss-reactive ketones (excluding diaryl/α,β-unsaturated/α-hetero) is 1. The van der Waals surface area contributed by atoms with Crippen molar-refractivity contribution in [2.24, 2.45) is 11.8 Å². The fourth-order valence-corrected chi connectivity index (χ4v) is 1.40. The maximum Gasteiger partial charge on any atom is 0.203 e. The van der Waals surface area contributed by atoms with E-state index >= 15 is 0 Å². The van der Waals surface area contributed by atoms with E-state index < -0.39 is 0 Å². The van der Waals surface area contributed by atoms with Gasteiger partial charge < -0.3 is 0 Å². The van der Waals surface area contributed by atoms with Gasteiger partial charge in [0, 0.05) is 23.2 Å². The van der Waals surface area contributed by atoms with Gasteiger partial charge in [0.15, 0.2) is 0 Å². The maximum atomic E-state index is 11.4. The Labute approximate surface area is 84.8 Å². The molecule has 1 atom stereocenters. The molecule has 1 unspecified atom stereocenters. The van der Waals surface area contributed by atoms with Crippen LogP contribution in [0.15, 0.2) is 0 Å². The van der Waals surface area contributed by atoms with Gasteiger partial charge in [0.1, 0.15) is 5.78 Å². The lowest BCUT2D eigenvalue weighted by atomic mass is 9.92. The van der Waals surface area contributed by atoms with Crippen LogP contribution in [0.2, 0.25) is 0 Å². The van der Waals surface area contributed by atoms with Crippen LogP contribution in [0, 0.1) is 22.0 Å². The Morgan fingerprint density at radius 1 is 1.29 bits per heavy atom. The average Bonchev–Trinajstić information content (AvgIpc) is 2.10. The van der Waals surface area contributed by atoms with Gasteiger partial charge in [-0.3, -0.25) is 14.9 Å². The minimum Gasteiger partial charge on any atom is -0.299 e. The number of nitro groups is 1. The second-order valence-electron chi connectivity index (χ2n) is 4.01. The van der Waals surface area contributed by atoms with Gasteiger partial charge >= 0.3 is 0 Å². The Hall–Kier alpha value is -0.930. The van der Waals surface area contributed by atoms with E-state index in [-0.39, 0.29) is 29.1 Å². The van der Waals surface area contributed by atoms with Gasteiger partial charge in [-0.1, -0.05) is 20.8 Å². The molecule has 0 amide bonds. The first-order chi connectivity index (χ1) is 6.45. The van der Waals surface area contributed by atoms with Crippen LogP contribution in [0.1, 0.15) is 40.0 Å². The molecule has 0 saturated heterocycles. The van der Waals surface area contributed by atoms with E-state index in [2.05, 4.69) is 0 Å². The van der Waals surface area contributed by atoms with E-state index in [0.29, 0.717) is 6.42 Å². The van der Waals surface area contributed by atoms with Crippen molar-refractivity contribution in [3.8, 4) is 0 Å². The molecule has 0 spiro atoms. The number of hydrogen-bond donors (Lipinski definition) is 0. The quantitative estimate of drug-likeness (QED) is 0.360. The highest BCUT2D eigenvalue weighted by Gasteiger charge is 2.15. The summed E-state index contributed by atoms with van der Waals surface area (Å²) in [6, 6.07) is 0. The summed E-state index contributed by atoms with van der Waals surface area (Å²) in [6.45, 7) is 5.68. The first-order valence-corrected chi connectivity index (χ1v) is 5.10. The van der Waals surface area contributed by atoms with Gasteiger partial charge in [-0.15, -0.1) is 0 Å². The first-order valence-electron chi connectivity index (χ1n) is 5.10.